The summed E-state index contributed by atoms with van der Waals surface area (Å²) in [5.41, 5.74) is 2.19. The number of carbonyl (C=O) groups is 1. The number of sulfonamides is 2. The summed E-state index contributed by atoms with van der Waals surface area (Å²) in [5, 5.41) is 13.1. The van der Waals surface area contributed by atoms with Crippen molar-refractivity contribution in [3.63, 3.8) is 0 Å². The first-order chi connectivity index (χ1) is 15.5. The second kappa shape index (κ2) is 10.00. The van der Waals surface area contributed by atoms with E-state index in [9.17, 15) is 21.6 Å². The fourth-order valence-electron chi connectivity index (χ4n) is 3.51. The van der Waals surface area contributed by atoms with Crippen molar-refractivity contribution < 1.29 is 21.6 Å². The topological polar surface area (TPSA) is 167 Å². The van der Waals surface area contributed by atoms with Gasteiger partial charge in [-0.3, -0.25) is 4.79 Å². The van der Waals surface area contributed by atoms with Crippen molar-refractivity contribution in [2.24, 2.45) is 10.3 Å². The Balaban J connectivity index is 1.61. The monoisotopic (exact) mass is 493 g/mol. The van der Waals surface area contributed by atoms with Crippen molar-refractivity contribution in [1.29, 1.82) is 0 Å². The van der Waals surface area contributed by atoms with E-state index in [0.717, 1.165) is 17.5 Å². The highest BCUT2D eigenvalue weighted by Gasteiger charge is 2.15. The van der Waals surface area contributed by atoms with Gasteiger partial charge in [0.15, 0.2) is 0 Å². The van der Waals surface area contributed by atoms with Gasteiger partial charge in [0.1, 0.15) is 5.82 Å². The Morgan fingerprint density at radius 2 is 1.61 bits per heavy atom. The van der Waals surface area contributed by atoms with E-state index in [1.807, 2.05) is 11.5 Å². The Labute approximate surface area is 193 Å². The molecule has 0 aliphatic heterocycles. The molecular formula is C21H27N5O5S2. The number of amides is 1. The number of imidazole rings is 1. The number of nitrogens with two attached hydrogens (primary N) is 2. The molecule has 0 aliphatic rings. The van der Waals surface area contributed by atoms with Crippen LogP contribution in [0.2, 0.25) is 0 Å². The molecule has 0 unspecified atom stereocenters. The first-order valence-electron chi connectivity index (χ1n) is 10.4. The van der Waals surface area contributed by atoms with Gasteiger partial charge in [-0.25, -0.2) is 32.1 Å². The summed E-state index contributed by atoms with van der Waals surface area (Å²) < 4.78 is 47.9. The maximum atomic E-state index is 12.3. The zero-order valence-electron chi connectivity index (χ0n) is 18.2. The molecule has 1 amide bonds. The largest absolute Gasteiger partial charge is 0.356 e. The van der Waals surface area contributed by atoms with Gasteiger partial charge in [0, 0.05) is 25.9 Å². The van der Waals surface area contributed by atoms with Gasteiger partial charge in [-0.2, -0.15) is 0 Å². The van der Waals surface area contributed by atoms with Crippen LogP contribution in [0, 0.1) is 0 Å². The predicted molar refractivity (Wildman–Crippen MR) is 124 cm³/mol. The number of nitrogens with one attached hydrogen (secondary N) is 1. The molecule has 3 aromatic rings. The highest BCUT2D eigenvalue weighted by Crippen LogP contribution is 2.21. The van der Waals surface area contributed by atoms with Crippen LogP contribution in [-0.2, 0) is 44.2 Å². The van der Waals surface area contributed by atoms with Crippen molar-refractivity contribution >= 4 is 37.0 Å². The van der Waals surface area contributed by atoms with Gasteiger partial charge in [-0.15, -0.1) is 0 Å². The molecule has 5 N–H and O–H groups in total. The molecule has 12 heteroatoms. The number of hydrogen-bond acceptors (Lipinski definition) is 6. The lowest BCUT2D eigenvalue weighted by molar-refractivity contribution is -0.121. The van der Waals surface area contributed by atoms with Crippen molar-refractivity contribution in [2.75, 3.05) is 6.54 Å². The molecule has 33 heavy (non-hydrogen) atoms. The van der Waals surface area contributed by atoms with Gasteiger partial charge in [0.25, 0.3) is 0 Å². The van der Waals surface area contributed by atoms with E-state index in [2.05, 4.69) is 10.3 Å². The summed E-state index contributed by atoms with van der Waals surface area (Å²) in [7, 11) is -7.56. The minimum absolute atomic E-state index is 0.00228. The summed E-state index contributed by atoms with van der Waals surface area (Å²) in [6.07, 6.45) is 2.01. The van der Waals surface area contributed by atoms with Gasteiger partial charge in [-0.1, -0.05) is 19.1 Å². The third kappa shape index (κ3) is 6.38. The molecule has 2 aromatic carbocycles. The molecular weight excluding hydrogens is 466 g/mol. The molecule has 0 aliphatic carbocycles. The zero-order chi connectivity index (χ0) is 24.2. The van der Waals surface area contributed by atoms with Crippen LogP contribution in [0.1, 0.15) is 31.2 Å². The lowest BCUT2D eigenvalue weighted by Crippen LogP contribution is -2.26. The van der Waals surface area contributed by atoms with Crippen LogP contribution < -0.4 is 15.6 Å². The molecule has 0 atom stereocenters. The second-order valence-electron chi connectivity index (χ2n) is 7.66. The number of benzene rings is 2. The molecule has 1 aromatic heterocycles. The van der Waals surface area contributed by atoms with Crippen LogP contribution in [0.5, 0.6) is 0 Å². The number of hydrogen-bond donors (Lipinski definition) is 3. The Morgan fingerprint density at radius 3 is 2.21 bits per heavy atom. The van der Waals surface area contributed by atoms with E-state index >= 15 is 0 Å². The number of nitrogens with zero attached hydrogens (tertiary/aromatic N) is 2. The van der Waals surface area contributed by atoms with E-state index in [4.69, 9.17) is 10.3 Å². The number of primary sulfonamides is 2. The quantitative estimate of drug-likeness (QED) is 0.381. The lowest BCUT2D eigenvalue weighted by Gasteiger charge is -2.09. The molecule has 1 heterocycles. The van der Waals surface area contributed by atoms with Gasteiger partial charge >= 0.3 is 0 Å². The van der Waals surface area contributed by atoms with E-state index in [-0.39, 0.29) is 22.1 Å². The van der Waals surface area contributed by atoms with Crippen LogP contribution >= 0.6 is 0 Å². The van der Waals surface area contributed by atoms with Crippen molar-refractivity contribution in [3.8, 4) is 0 Å². The SMILES string of the molecule is CCCn1c(CCC(=O)NCCc2ccc(S(N)(=O)=O)cc2)nc2cc(S(N)(=O)=O)ccc21. The molecule has 0 saturated heterocycles. The van der Waals surface area contributed by atoms with Crippen LogP contribution in [0.3, 0.4) is 0 Å². The van der Waals surface area contributed by atoms with Crippen LogP contribution in [0.25, 0.3) is 11.0 Å². The standard InChI is InChI=1S/C21H27N5O5S2/c1-2-13-26-19-8-7-17(33(23,30)31)14-18(19)25-20(26)9-10-21(27)24-12-11-15-3-5-16(6-4-15)32(22,28)29/h3-8,14H,2,9-13H2,1H3,(H,24,27)(H2,22,28,29)(H2,23,30,31). The number of aromatic nitrogens is 2. The van der Waals surface area contributed by atoms with E-state index < -0.39 is 20.0 Å². The average molecular weight is 494 g/mol. The molecule has 3 rings (SSSR count). The molecule has 0 saturated carbocycles. The Bertz CT molecular complexity index is 1360. The van der Waals surface area contributed by atoms with E-state index in [1.165, 1.54) is 24.3 Å². The highest BCUT2D eigenvalue weighted by atomic mass is 32.2. The summed E-state index contributed by atoms with van der Waals surface area (Å²) in [6.45, 7) is 3.11. The summed E-state index contributed by atoms with van der Waals surface area (Å²) >= 11 is 0. The number of fused-ring (bicyclic) bond motifs is 1. The van der Waals surface area contributed by atoms with E-state index in [0.29, 0.717) is 37.3 Å². The predicted octanol–water partition coefficient (Wildman–Crippen LogP) is 1.03. The maximum absolute atomic E-state index is 12.3. The average Bonchev–Trinajstić information content (AvgIpc) is 3.08. The van der Waals surface area contributed by atoms with Crippen molar-refractivity contribution in [3.05, 3.63) is 53.9 Å². The van der Waals surface area contributed by atoms with Crippen LogP contribution in [-0.4, -0.2) is 38.8 Å². The smallest absolute Gasteiger partial charge is 0.238 e. The zero-order valence-corrected chi connectivity index (χ0v) is 19.8. The molecule has 0 bridgehead atoms. The summed E-state index contributed by atoms with van der Waals surface area (Å²) in [5.74, 6) is 0.559. The Kier molecular flexibility index (Phi) is 7.52. The molecule has 178 valence electrons. The van der Waals surface area contributed by atoms with Gasteiger partial charge in [0.05, 0.1) is 20.8 Å². The third-order valence-electron chi connectivity index (χ3n) is 5.14. The summed E-state index contributed by atoms with van der Waals surface area (Å²) in [4.78, 5) is 16.9. The first-order valence-corrected chi connectivity index (χ1v) is 13.5. The fourth-order valence-corrected chi connectivity index (χ4v) is 4.56. The van der Waals surface area contributed by atoms with Crippen LogP contribution in [0.15, 0.2) is 52.3 Å². The Hall–Kier alpha value is -2.80. The van der Waals surface area contributed by atoms with Crippen molar-refractivity contribution in [2.45, 2.75) is 48.9 Å². The van der Waals surface area contributed by atoms with Gasteiger partial charge < -0.3 is 9.88 Å². The summed E-state index contributed by atoms with van der Waals surface area (Å²) in [6, 6.07) is 10.8. The fraction of sp³-hybridized carbons (Fsp3) is 0.333. The maximum Gasteiger partial charge on any atom is 0.238 e. The molecule has 0 spiro atoms. The molecule has 10 nitrogen and oxygen atoms in total. The number of rotatable bonds is 10. The minimum Gasteiger partial charge on any atom is -0.356 e. The minimum atomic E-state index is -3.83. The molecule has 0 fully saturated rings. The van der Waals surface area contributed by atoms with E-state index in [1.54, 1.807) is 18.2 Å². The van der Waals surface area contributed by atoms with Crippen LogP contribution in [0.4, 0.5) is 0 Å². The number of aryl methyl sites for hydroxylation is 2. The lowest BCUT2D eigenvalue weighted by atomic mass is 10.1. The third-order valence-corrected chi connectivity index (χ3v) is 6.98. The number of carbonyl (C=O) groups excluding carboxylic acids is 1. The molecule has 0 radical (unpaired) electrons. The van der Waals surface area contributed by atoms with Crippen molar-refractivity contribution in [1.82, 2.24) is 14.9 Å². The van der Waals surface area contributed by atoms with Gasteiger partial charge in [-0.05, 0) is 48.7 Å². The highest BCUT2D eigenvalue weighted by molar-refractivity contribution is 7.89. The van der Waals surface area contributed by atoms with Gasteiger partial charge in [0.2, 0.25) is 26.0 Å². The first kappa shape index (κ1) is 24.8. The normalized spacial score (nSPS) is 12.2. The second-order valence-corrected chi connectivity index (χ2v) is 10.8. The Morgan fingerprint density at radius 1 is 0.970 bits per heavy atom.